The zero-order valence-corrected chi connectivity index (χ0v) is 9.77. The van der Waals surface area contributed by atoms with Gasteiger partial charge in [0.15, 0.2) is 4.77 Å². The third kappa shape index (κ3) is 2.92. The average molecular weight is 214 g/mol. The summed E-state index contributed by atoms with van der Waals surface area (Å²) in [5.41, 5.74) is 5.73. The van der Waals surface area contributed by atoms with E-state index in [4.69, 9.17) is 18.0 Å². The third-order valence-electron chi connectivity index (χ3n) is 1.89. The van der Waals surface area contributed by atoms with Crippen molar-refractivity contribution in [3.63, 3.8) is 0 Å². The van der Waals surface area contributed by atoms with Crippen molar-refractivity contribution in [1.82, 2.24) is 14.8 Å². The predicted octanol–water partition coefficient (Wildman–Crippen LogP) is 1.49. The summed E-state index contributed by atoms with van der Waals surface area (Å²) in [7, 11) is 0. The molecule has 14 heavy (non-hydrogen) atoms. The van der Waals surface area contributed by atoms with Crippen LogP contribution in [0.15, 0.2) is 0 Å². The van der Waals surface area contributed by atoms with Crippen LogP contribution in [0.3, 0.4) is 0 Å². The van der Waals surface area contributed by atoms with E-state index in [-0.39, 0.29) is 6.04 Å². The summed E-state index contributed by atoms with van der Waals surface area (Å²) < 4.78 is 2.72. The molecule has 3 N–H and O–H groups in total. The van der Waals surface area contributed by atoms with Crippen molar-refractivity contribution < 1.29 is 0 Å². The van der Waals surface area contributed by atoms with Crippen molar-refractivity contribution >= 4 is 12.2 Å². The molecule has 80 valence electrons. The van der Waals surface area contributed by atoms with Gasteiger partial charge in [-0.15, -0.1) is 0 Å². The SMILES string of the molecule is CC(C)Cn1c(CC(C)N)n[nH]c1=S. The predicted molar refractivity (Wildman–Crippen MR) is 59.6 cm³/mol. The van der Waals surface area contributed by atoms with Crippen LogP contribution in [0.2, 0.25) is 0 Å². The molecule has 0 amide bonds. The van der Waals surface area contributed by atoms with Gasteiger partial charge in [-0.2, -0.15) is 5.10 Å². The van der Waals surface area contributed by atoms with Crippen LogP contribution in [-0.4, -0.2) is 20.8 Å². The topological polar surface area (TPSA) is 59.6 Å². The Balaban J connectivity index is 2.88. The van der Waals surface area contributed by atoms with Gasteiger partial charge >= 0.3 is 0 Å². The molecular formula is C9H18N4S. The van der Waals surface area contributed by atoms with Crippen LogP contribution in [0.25, 0.3) is 0 Å². The molecule has 1 unspecified atom stereocenters. The van der Waals surface area contributed by atoms with E-state index in [9.17, 15) is 0 Å². The molecule has 0 aliphatic heterocycles. The first-order valence-corrected chi connectivity index (χ1v) is 5.31. The van der Waals surface area contributed by atoms with Crippen LogP contribution in [0.1, 0.15) is 26.6 Å². The van der Waals surface area contributed by atoms with E-state index in [1.54, 1.807) is 0 Å². The first kappa shape index (κ1) is 11.4. The van der Waals surface area contributed by atoms with Gasteiger partial charge in [0.1, 0.15) is 5.82 Å². The number of aromatic amines is 1. The van der Waals surface area contributed by atoms with Crippen LogP contribution in [0.5, 0.6) is 0 Å². The second kappa shape index (κ2) is 4.70. The zero-order valence-electron chi connectivity index (χ0n) is 8.95. The lowest BCUT2D eigenvalue weighted by atomic mass is 10.2. The second-order valence-electron chi connectivity index (χ2n) is 4.13. The standard InChI is InChI=1S/C9H18N4S/c1-6(2)5-13-8(4-7(3)10)11-12-9(13)14/h6-7H,4-5,10H2,1-3H3,(H,12,14). The molecule has 0 saturated heterocycles. The Morgan fingerprint density at radius 2 is 2.14 bits per heavy atom. The molecule has 0 radical (unpaired) electrons. The number of nitrogens with two attached hydrogens (primary N) is 1. The molecule has 0 saturated carbocycles. The Bertz CT molecular complexity index is 337. The van der Waals surface area contributed by atoms with Crippen LogP contribution < -0.4 is 5.73 Å². The molecular weight excluding hydrogens is 196 g/mol. The van der Waals surface area contributed by atoms with E-state index in [1.165, 1.54) is 0 Å². The van der Waals surface area contributed by atoms with E-state index in [0.717, 1.165) is 18.8 Å². The minimum atomic E-state index is 0.117. The van der Waals surface area contributed by atoms with E-state index in [0.29, 0.717) is 10.7 Å². The van der Waals surface area contributed by atoms with Crippen molar-refractivity contribution in [3.05, 3.63) is 10.6 Å². The molecule has 0 aromatic carbocycles. The zero-order chi connectivity index (χ0) is 10.7. The van der Waals surface area contributed by atoms with Gasteiger partial charge in [-0.25, -0.2) is 0 Å². The highest BCUT2D eigenvalue weighted by Gasteiger charge is 2.09. The maximum atomic E-state index is 5.73. The van der Waals surface area contributed by atoms with Gasteiger partial charge in [-0.3, -0.25) is 5.10 Å². The highest BCUT2D eigenvalue weighted by atomic mass is 32.1. The van der Waals surface area contributed by atoms with E-state index in [2.05, 4.69) is 24.0 Å². The van der Waals surface area contributed by atoms with Gasteiger partial charge in [0.2, 0.25) is 0 Å². The lowest BCUT2D eigenvalue weighted by Crippen LogP contribution is -2.21. The largest absolute Gasteiger partial charge is 0.328 e. The molecule has 4 nitrogen and oxygen atoms in total. The van der Waals surface area contributed by atoms with E-state index >= 15 is 0 Å². The quantitative estimate of drug-likeness (QED) is 0.746. The third-order valence-corrected chi connectivity index (χ3v) is 2.20. The minimum Gasteiger partial charge on any atom is -0.328 e. The van der Waals surface area contributed by atoms with Crippen molar-refractivity contribution in [2.45, 2.75) is 39.8 Å². The smallest absolute Gasteiger partial charge is 0.195 e. The van der Waals surface area contributed by atoms with Crippen molar-refractivity contribution in [3.8, 4) is 0 Å². The molecule has 1 aromatic heterocycles. The molecule has 1 aromatic rings. The first-order chi connectivity index (χ1) is 6.50. The fourth-order valence-corrected chi connectivity index (χ4v) is 1.57. The summed E-state index contributed by atoms with van der Waals surface area (Å²) >= 11 is 5.15. The molecule has 0 bridgehead atoms. The minimum absolute atomic E-state index is 0.117. The van der Waals surface area contributed by atoms with E-state index < -0.39 is 0 Å². The summed E-state index contributed by atoms with van der Waals surface area (Å²) in [6.07, 6.45) is 0.764. The van der Waals surface area contributed by atoms with Gasteiger partial charge < -0.3 is 10.3 Å². The van der Waals surface area contributed by atoms with Crippen LogP contribution in [0, 0.1) is 10.7 Å². The number of H-pyrrole nitrogens is 1. The highest BCUT2D eigenvalue weighted by molar-refractivity contribution is 7.71. The molecule has 1 heterocycles. The lowest BCUT2D eigenvalue weighted by Gasteiger charge is -2.10. The average Bonchev–Trinajstić information content (AvgIpc) is 2.34. The first-order valence-electron chi connectivity index (χ1n) is 4.90. The monoisotopic (exact) mass is 214 g/mol. The van der Waals surface area contributed by atoms with Gasteiger partial charge in [0.05, 0.1) is 0 Å². The lowest BCUT2D eigenvalue weighted by molar-refractivity contribution is 0.496. The molecule has 0 spiro atoms. The van der Waals surface area contributed by atoms with Gasteiger partial charge in [0, 0.05) is 19.0 Å². The van der Waals surface area contributed by atoms with Crippen molar-refractivity contribution in [2.24, 2.45) is 11.7 Å². The second-order valence-corrected chi connectivity index (χ2v) is 4.52. The summed E-state index contributed by atoms with van der Waals surface area (Å²) in [5.74, 6) is 1.52. The maximum absolute atomic E-state index is 5.73. The Labute approximate surface area is 89.5 Å². The number of nitrogens with zero attached hydrogens (tertiary/aromatic N) is 2. The van der Waals surface area contributed by atoms with Gasteiger partial charge in [0.25, 0.3) is 0 Å². The Hall–Kier alpha value is -0.680. The van der Waals surface area contributed by atoms with Gasteiger partial charge in [-0.1, -0.05) is 13.8 Å². The molecule has 0 aliphatic carbocycles. The van der Waals surface area contributed by atoms with Crippen molar-refractivity contribution in [1.29, 1.82) is 0 Å². The molecule has 5 heteroatoms. The Morgan fingerprint density at radius 3 is 2.64 bits per heavy atom. The van der Waals surface area contributed by atoms with E-state index in [1.807, 2.05) is 11.5 Å². The van der Waals surface area contributed by atoms with Crippen LogP contribution in [-0.2, 0) is 13.0 Å². The number of rotatable bonds is 4. The summed E-state index contributed by atoms with van der Waals surface area (Å²) in [6.45, 7) is 7.18. The Kier molecular flexibility index (Phi) is 3.83. The molecule has 0 fully saturated rings. The van der Waals surface area contributed by atoms with Crippen molar-refractivity contribution in [2.75, 3.05) is 0 Å². The number of aromatic nitrogens is 3. The Morgan fingerprint density at radius 1 is 1.50 bits per heavy atom. The van der Waals surface area contributed by atoms with Gasteiger partial charge in [-0.05, 0) is 25.1 Å². The highest BCUT2D eigenvalue weighted by Crippen LogP contribution is 2.05. The molecule has 0 aliphatic rings. The summed E-state index contributed by atoms with van der Waals surface area (Å²) in [4.78, 5) is 0. The number of hydrogen-bond donors (Lipinski definition) is 2. The fraction of sp³-hybridized carbons (Fsp3) is 0.778. The van der Waals surface area contributed by atoms with Crippen LogP contribution in [0.4, 0.5) is 0 Å². The normalized spacial score (nSPS) is 13.5. The number of hydrogen-bond acceptors (Lipinski definition) is 3. The fourth-order valence-electron chi connectivity index (χ4n) is 1.35. The summed E-state index contributed by atoms with van der Waals surface area (Å²) in [6, 6.07) is 0.117. The maximum Gasteiger partial charge on any atom is 0.195 e. The molecule has 1 rings (SSSR count). The van der Waals surface area contributed by atoms with Crippen LogP contribution >= 0.6 is 12.2 Å². The molecule has 1 atom stereocenters. The number of nitrogens with one attached hydrogen (secondary N) is 1. The summed E-state index contributed by atoms with van der Waals surface area (Å²) in [5, 5.41) is 6.98.